The lowest BCUT2D eigenvalue weighted by molar-refractivity contribution is 0.1000. The molecule has 0 unspecified atom stereocenters. The Hall–Kier alpha value is -2.37. The van der Waals surface area contributed by atoms with Crippen molar-refractivity contribution in [1.82, 2.24) is 4.98 Å². The summed E-state index contributed by atoms with van der Waals surface area (Å²) in [5, 5.41) is 0. The van der Waals surface area contributed by atoms with Gasteiger partial charge in [0.25, 0.3) is 5.91 Å². The highest BCUT2D eigenvalue weighted by Gasteiger charge is 2.16. The number of hydrogen-bond donors (Lipinski definition) is 2. The van der Waals surface area contributed by atoms with E-state index in [1.165, 1.54) is 13.2 Å². The average Bonchev–Trinajstić information content (AvgIpc) is 2.73. The van der Waals surface area contributed by atoms with Crippen LogP contribution in [-0.2, 0) is 0 Å². The summed E-state index contributed by atoms with van der Waals surface area (Å²) < 4.78 is 32.1. The molecular weight excluding hydrogens is 254 g/mol. The van der Waals surface area contributed by atoms with Crippen LogP contribution in [0, 0.1) is 18.6 Å². The summed E-state index contributed by atoms with van der Waals surface area (Å²) in [6.07, 6.45) is 0. The van der Waals surface area contributed by atoms with E-state index in [1.807, 2.05) is 0 Å². The molecule has 0 spiro atoms. The van der Waals surface area contributed by atoms with Gasteiger partial charge in [-0.25, -0.2) is 8.78 Å². The molecule has 2 aromatic rings. The van der Waals surface area contributed by atoms with Gasteiger partial charge in [-0.2, -0.15) is 0 Å². The van der Waals surface area contributed by atoms with Crippen molar-refractivity contribution in [1.29, 1.82) is 0 Å². The minimum Gasteiger partial charge on any atom is -0.494 e. The number of aromatic amines is 1. The Morgan fingerprint density at radius 1 is 1.26 bits per heavy atom. The highest BCUT2D eigenvalue weighted by atomic mass is 19.1. The molecule has 0 saturated heterocycles. The Morgan fingerprint density at radius 2 is 1.95 bits per heavy atom. The fraction of sp³-hybridized carbons (Fsp3) is 0.154. The molecule has 2 rings (SSSR count). The summed E-state index contributed by atoms with van der Waals surface area (Å²) in [6, 6.07) is 3.34. The summed E-state index contributed by atoms with van der Waals surface area (Å²) in [7, 11) is 1.25. The predicted molar refractivity (Wildman–Crippen MR) is 66.0 cm³/mol. The lowest BCUT2D eigenvalue weighted by atomic mass is 10.1. The monoisotopic (exact) mass is 266 g/mol. The Labute approximate surface area is 108 Å². The molecule has 4 nitrogen and oxygen atoms in total. The maximum absolute atomic E-state index is 13.9. The van der Waals surface area contributed by atoms with E-state index in [2.05, 4.69) is 9.72 Å². The van der Waals surface area contributed by atoms with Crippen molar-refractivity contribution in [3.05, 3.63) is 41.1 Å². The van der Waals surface area contributed by atoms with Gasteiger partial charge < -0.3 is 15.5 Å². The third-order valence-corrected chi connectivity index (χ3v) is 2.81. The van der Waals surface area contributed by atoms with Gasteiger partial charge in [0.2, 0.25) is 0 Å². The number of H-pyrrole nitrogens is 1. The van der Waals surface area contributed by atoms with E-state index in [4.69, 9.17) is 5.73 Å². The Balaban J connectivity index is 2.56. The number of carbonyl (C=O) groups excluding carboxylic acids is 1. The number of methoxy groups -OCH3 is 1. The number of benzene rings is 1. The lowest BCUT2D eigenvalue weighted by Gasteiger charge is -2.05. The molecule has 6 heteroatoms. The first-order valence-corrected chi connectivity index (χ1v) is 5.47. The van der Waals surface area contributed by atoms with Gasteiger partial charge in [-0.05, 0) is 19.1 Å². The molecule has 0 aliphatic carbocycles. The molecule has 100 valence electrons. The molecule has 0 fully saturated rings. The van der Waals surface area contributed by atoms with E-state index in [1.54, 1.807) is 6.92 Å². The van der Waals surface area contributed by atoms with Crippen LogP contribution in [-0.4, -0.2) is 18.0 Å². The number of rotatable bonds is 3. The molecule has 0 atom stereocenters. The molecule has 0 saturated carbocycles. The summed E-state index contributed by atoms with van der Waals surface area (Å²) >= 11 is 0. The second kappa shape index (κ2) is 4.72. The second-order valence-electron chi connectivity index (χ2n) is 4.05. The number of aromatic nitrogens is 1. The zero-order valence-electron chi connectivity index (χ0n) is 10.4. The fourth-order valence-corrected chi connectivity index (χ4v) is 1.85. The van der Waals surface area contributed by atoms with Crippen LogP contribution < -0.4 is 10.5 Å². The van der Waals surface area contributed by atoms with Gasteiger partial charge in [0.05, 0.1) is 12.7 Å². The first-order valence-electron chi connectivity index (χ1n) is 5.47. The van der Waals surface area contributed by atoms with Crippen LogP contribution in [0.5, 0.6) is 5.75 Å². The fourth-order valence-electron chi connectivity index (χ4n) is 1.85. The molecule has 19 heavy (non-hydrogen) atoms. The minimum absolute atomic E-state index is 0.00824. The first-order chi connectivity index (χ1) is 8.93. The van der Waals surface area contributed by atoms with Crippen molar-refractivity contribution < 1.29 is 18.3 Å². The number of nitrogens with one attached hydrogen (secondary N) is 1. The van der Waals surface area contributed by atoms with Crippen molar-refractivity contribution in [2.75, 3.05) is 7.11 Å². The Bertz CT molecular complexity index is 650. The van der Waals surface area contributed by atoms with Gasteiger partial charge in [0, 0.05) is 23.0 Å². The quantitative estimate of drug-likeness (QED) is 0.895. The molecule has 1 heterocycles. The summed E-state index contributed by atoms with van der Waals surface area (Å²) in [5.74, 6) is -2.16. The number of aryl methyl sites for hydroxylation is 1. The van der Waals surface area contributed by atoms with Crippen molar-refractivity contribution in [2.24, 2.45) is 5.73 Å². The first kappa shape index (κ1) is 13.1. The summed E-state index contributed by atoms with van der Waals surface area (Å²) in [6.45, 7) is 1.63. The van der Waals surface area contributed by atoms with Gasteiger partial charge in [0.15, 0.2) is 11.6 Å². The number of ether oxygens (including phenoxy) is 1. The topological polar surface area (TPSA) is 68.1 Å². The van der Waals surface area contributed by atoms with E-state index < -0.39 is 17.5 Å². The predicted octanol–water partition coefficient (Wildman–Crippen LogP) is 2.38. The van der Waals surface area contributed by atoms with Crippen LogP contribution in [0.3, 0.4) is 0 Å². The standard InChI is InChI=1S/C13H12F2N2O2/c1-6-7(13(16)18)4-11(17-6)8-3-10(15)12(19-2)5-9(8)14/h3-5,17H,1-2H3,(H2,16,18). The molecule has 0 bridgehead atoms. The van der Waals surface area contributed by atoms with Crippen LogP contribution in [0.2, 0.25) is 0 Å². The number of hydrogen-bond acceptors (Lipinski definition) is 2. The van der Waals surface area contributed by atoms with E-state index in [0.29, 0.717) is 5.69 Å². The Kier molecular flexibility index (Phi) is 3.25. The molecule has 3 N–H and O–H groups in total. The van der Waals surface area contributed by atoms with E-state index in [9.17, 15) is 13.6 Å². The van der Waals surface area contributed by atoms with Gasteiger partial charge >= 0.3 is 0 Å². The molecule has 1 aromatic heterocycles. The number of carbonyl (C=O) groups is 1. The molecule has 0 radical (unpaired) electrons. The van der Waals surface area contributed by atoms with Crippen LogP contribution in [0.25, 0.3) is 11.3 Å². The maximum atomic E-state index is 13.9. The van der Waals surface area contributed by atoms with Crippen molar-refractivity contribution >= 4 is 5.91 Å². The van der Waals surface area contributed by atoms with Gasteiger partial charge in [-0.1, -0.05) is 0 Å². The van der Waals surface area contributed by atoms with Gasteiger partial charge in [-0.3, -0.25) is 4.79 Å². The molecule has 1 aromatic carbocycles. The minimum atomic E-state index is -0.688. The summed E-state index contributed by atoms with van der Waals surface area (Å²) in [4.78, 5) is 13.9. The molecule has 1 amide bonds. The molecule has 0 aliphatic heterocycles. The number of amides is 1. The van der Waals surface area contributed by atoms with Crippen molar-refractivity contribution in [3.63, 3.8) is 0 Å². The van der Waals surface area contributed by atoms with Gasteiger partial charge in [-0.15, -0.1) is 0 Å². The third kappa shape index (κ3) is 2.29. The second-order valence-corrected chi connectivity index (χ2v) is 4.05. The number of halogens is 2. The van der Waals surface area contributed by atoms with Crippen LogP contribution in [0.4, 0.5) is 8.78 Å². The zero-order valence-corrected chi connectivity index (χ0v) is 10.4. The van der Waals surface area contributed by atoms with Crippen LogP contribution >= 0.6 is 0 Å². The molecular formula is C13H12F2N2O2. The number of primary amides is 1. The Morgan fingerprint density at radius 3 is 2.47 bits per heavy atom. The lowest BCUT2D eigenvalue weighted by Crippen LogP contribution is -2.10. The van der Waals surface area contributed by atoms with Crippen LogP contribution in [0.1, 0.15) is 16.1 Å². The van der Waals surface area contributed by atoms with E-state index >= 15 is 0 Å². The SMILES string of the molecule is COc1cc(F)c(-c2cc(C(N)=O)c(C)[nH]2)cc1F. The average molecular weight is 266 g/mol. The zero-order chi connectivity index (χ0) is 14.2. The van der Waals surface area contributed by atoms with Crippen molar-refractivity contribution in [3.8, 4) is 17.0 Å². The largest absolute Gasteiger partial charge is 0.494 e. The summed E-state index contributed by atoms with van der Waals surface area (Å²) in [5.41, 5.74) is 6.20. The molecule has 0 aliphatic rings. The van der Waals surface area contributed by atoms with Crippen molar-refractivity contribution in [2.45, 2.75) is 6.92 Å². The highest BCUT2D eigenvalue weighted by molar-refractivity contribution is 5.95. The highest BCUT2D eigenvalue weighted by Crippen LogP contribution is 2.29. The van der Waals surface area contributed by atoms with E-state index in [-0.39, 0.29) is 22.6 Å². The normalized spacial score (nSPS) is 10.5. The smallest absolute Gasteiger partial charge is 0.250 e. The van der Waals surface area contributed by atoms with Gasteiger partial charge in [0.1, 0.15) is 5.82 Å². The number of nitrogens with two attached hydrogens (primary N) is 1. The maximum Gasteiger partial charge on any atom is 0.250 e. The van der Waals surface area contributed by atoms with Crippen LogP contribution in [0.15, 0.2) is 18.2 Å². The van der Waals surface area contributed by atoms with E-state index in [0.717, 1.165) is 12.1 Å². The third-order valence-electron chi connectivity index (χ3n) is 2.81.